The van der Waals surface area contributed by atoms with E-state index in [1.165, 1.54) is 76.5 Å². The van der Waals surface area contributed by atoms with Gasteiger partial charge in [-0.1, -0.05) is 140 Å². The Kier molecular flexibility index (Phi) is 5.64. The molecule has 0 amide bonds. The van der Waals surface area contributed by atoms with Crippen LogP contribution in [0.1, 0.15) is 0 Å². The van der Waals surface area contributed by atoms with Gasteiger partial charge in [0.1, 0.15) is 11.2 Å². The molecule has 10 aromatic rings. The van der Waals surface area contributed by atoms with E-state index in [-0.39, 0.29) is 0 Å². The van der Waals surface area contributed by atoms with Gasteiger partial charge in [0.25, 0.3) is 0 Å². The SMILES string of the molecule is c1ccc2cc(-c3c4ccccc4c(-c4ccc5ccccc5c4)c4c(-c5ccc6oc7ccccc7c6c5)cccc34)ccc2c1. The molecule has 0 aliphatic rings. The fourth-order valence-electron chi connectivity index (χ4n) is 7.66. The molecule has 0 saturated carbocycles. The zero-order valence-electron chi connectivity index (χ0n) is 25.6. The summed E-state index contributed by atoms with van der Waals surface area (Å²) in [5.74, 6) is 0. The molecule has 0 aliphatic heterocycles. The second kappa shape index (κ2) is 10.2. The van der Waals surface area contributed by atoms with E-state index in [0.29, 0.717) is 0 Å². The van der Waals surface area contributed by atoms with Crippen molar-refractivity contribution < 1.29 is 4.42 Å². The van der Waals surface area contributed by atoms with Gasteiger partial charge in [-0.3, -0.25) is 0 Å². The van der Waals surface area contributed by atoms with Crippen molar-refractivity contribution in [2.75, 3.05) is 0 Å². The van der Waals surface area contributed by atoms with Crippen LogP contribution in [0, 0.1) is 0 Å². The van der Waals surface area contributed by atoms with E-state index in [1.54, 1.807) is 0 Å². The molecule has 0 radical (unpaired) electrons. The molecule has 0 atom stereocenters. The van der Waals surface area contributed by atoms with Crippen LogP contribution in [-0.4, -0.2) is 0 Å². The molecule has 1 heterocycles. The van der Waals surface area contributed by atoms with E-state index in [4.69, 9.17) is 4.42 Å². The Balaban J connectivity index is 1.36. The first-order chi connectivity index (χ1) is 23.3. The molecular formula is C46H28O. The first-order valence-corrected chi connectivity index (χ1v) is 16.2. The highest BCUT2D eigenvalue weighted by atomic mass is 16.3. The van der Waals surface area contributed by atoms with E-state index < -0.39 is 0 Å². The highest BCUT2D eigenvalue weighted by molar-refractivity contribution is 6.25. The van der Waals surface area contributed by atoms with Crippen molar-refractivity contribution >= 4 is 65.0 Å². The lowest BCUT2D eigenvalue weighted by molar-refractivity contribution is 0.669. The Morgan fingerprint density at radius 2 is 0.830 bits per heavy atom. The quantitative estimate of drug-likeness (QED) is 0.185. The summed E-state index contributed by atoms with van der Waals surface area (Å²) in [7, 11) is 0. The average Bonchev–Trinajstić information content (AvgIpc) is 3.51. The molecule has 9 aromatic carbocycles. The van der Waals surface area contributed by atoms with Crippen LogP contribution < -0.4 is 0 Å². The zero-order valence-corrected chi connectivity index (χ0v) is 25.6. The van der Waals surface area contributed by atoms with E-state index in [1.807, 2.05) is 12.1 Å². The standard InChI is InChI=1S/C46H28O/c1-3-12-31-26-34(22-20-29(31)10-1)44-38-15-5-6-16-39(38)45(35-23-21-30-11-2-4-13-32(30)27-35)46-36(17-9-18-40(44)46)33-24-25-43-41(28-33)37-14-7-8-19-42(37)47-43/h1-28H. The fourth-order valence-corrected chi connectivity index (χ4v) is 7.66. The first-order valence-electron chi connectivity index (χ1n) is 16.2. The summed E-state index contributed by atoms with van der Waals surface area (Å²) in [4.78, 5) is 0. The van der Waals surface area contributed by atoms with Crippen LogP contribution in [-0.2, 0) is 0 Å². The van der Waals surface area contributed by atoms with Crippen LogP contribution >= 0.6 is 0 Å². The smallest absolute Gasteiger partial charge is 0.135 e. The molecule has 1 heteroatoms. The monoisotopic (exact) mass is 596 g/mol. The summed E-state index contributed by atoms with van der Waals surface area (Å²) in [6, 6.07) is 61.8. The number of fused-ring (bicyclic) bond motifs is 7. The van der Waals surface area contributed by atoms with Crippen molar-refractivity contribution in [1.29, 1.82) is 0 Å². The molecule has 0 N–H and O–H groups in total. The largest absolute Gasteiger partial charge is 0.456 e. The topological polar surface area (TPSA) is 13.1 Å². The van der Waals surface area contributed by atoms with E-state index in [0.717, 1.165) is 21.9 Å². The van der Waals surface area contributed by atoms with Crippen LogP contribution in [0.15, 0.2) is 174 Å². The second-order valence-electron chi connectivity index (χ2n) is 12.5. The Bertz CT molecular complexity index is 2850. The van der Waals surface area contributed by atoms with Gasteiger partial charge >= 0.3 is 0 Å². The van der Waals surface area contributed by atoms with Crippen LogP contribution in [0.25, 0.3) is 98.4 Å². The Morgan fingerprint density at radius 3 is 1.55 bits per heavy atom. The van der Waals surface area contributed by atoms with Gasteiger partial charge in [0, 0.05) is 10.8 Å². The molecule has 0 bridgehead atoms. The van der Waals surface area contributed by atoms with Crippen molar-refractivity contribution in [2.45, 2.75) is 0 Å². The summed E-state index contributed by atoms with van der Waals surface area (Å²) in [5.41, 5.74) is 9.19. The molecular weight excluding hydrogens is 569 g/mol. The molecule has 47 heavy (non-hydrogen) atoms. The van der Waals surface area contributed by atoms with Gasteiger partial charge in [-0.05, 0) is 107 Å². The second-order valence-corrected chi connectivity index (χ2v) is 12.5. The highest BCUT2D eigenvalue weighted by Crippen LogP contribution is 2.48. The molecule has 0 aliphatic carbocycles. The minimum absolute atomic E-state index is 0.909. The predicted octanol–water partition coefficient (Wildman–Crippen LogP) is 13.2. The van der Waals surface area contributed by atoms with Crippen LogP contribution in [0.2, 0.25) is 0 Å². The van der Waals surface area contributed by atoms with Crippen molar-refractivity contribution in [1.82, 2.24) is 0 Å². The maximum Gasteiger partial charge on any atom is 0.135 e. The van der Waals surface area contributed by atoms with Gasteiger partial charge in [0.2, 0.25) is 0 Å². The van der Waals surface area contributed by atoms with Gasteiger partial charge in [-0.25, -0.2) is 0 Å². The summed E-state index contributed by atoms with van der Waals surface area (Å²) >= 11 is 0. The molecule has 10 rings (SSSR count). The Hall–Kier alpha value is -6.18. The number of para-hydroxylation sites is 1. The molecule has 0 saturated heterocycles. The Labute approximate surface area is 271 Å². The van der Waals surface area contributed by atoms with E-state index >= 15 is 0 Å². The van der Waals surface area contributed by atoms with Crippen LogP contribution in [0.3, 0.4) is 0 Å². The lowest BCUT2D eigenvalue weighted by Crippen LogP contribution is -1.93. The summed E-state index contributed by atoms with van der Waals surface area (Å²) < 4.78 is 6.23. The lowest BCUT2D eigenvalue weighted by atomic mass is 9.82. The first kappa shape index (κ1) is 26.1. The van der Waals surface area contributed by atoms with Crippen molar-refractivity contribution in [3.8, 4) is 33.4 Å². The molecule has 0 fully saturated rings. The minimum atomic E-state index is 0.909. The van der Waals surface area contributed by atoms with Crippen molar-refractivity contribution in [2.24, 2.45) is 0 Å². The van der Waals surface area contributed by atoms with Gasteiger partial charge in [0.05, 0.1) is 0 Å². The lowest BCUT2D eigenvalue weighted by Gasteiger charge is -2.21. The molecule has 1 aromatic heterocycles. The highest BCUT2D eigenvalue weighted by Gasteiger charge is 2.20. The third-order valence-electron chi connectivity index (χ3n) is 9.81. The van der Waals surface area contributed by atoms with Gasteiger partial charge in [-0.15, -0.1) is 0 Å². The molecule has 1 nitrogen and oxygen atoms in total. The zero-order chi connectivity index (χ0) is 30.9. The normalized spacial score (nSPS) is 11.8. The predicted molar refractivity (Wildman–Crippen MR) is 200 cm³/mol. The van der Waals surface area contributed by atoms with Crippen LogP contribution in [0.5, 0.6) is 0 Å². The number of rotatable bonds is 3. The summed E-state index contributed by atoms with van der Waals surface area (Å²) in [6.07, 6.45) is 0. The summed E-state index contributed by atoms with van der Waals surface area (Å²) in [5, 5.41) is 12.3. The van der Waals surface area contributed by atoms with Gasteiger partial charge in [0.15, 0.2) is 0 Å². The minimum Gasteiger partial charge on any atom is -0.456 e. The van der Waals surface area contributed by atoms with Crippen LogP contribution in [0.4, 0.5) is 0 Å². The van der Waals surface area contributed by atoms with E-state index in [9.17, 15) is 0 Å². The fraction of sp³-hybridized carbons (Fsp3) is 0. The summed E-state index contributed by atoms with van der Waals surface area (Å²) in [6.45, 7) is 0. The maximum atomic E-state index is 6.23. The average molecular weight is 597 g/mol. The van der Waals surface area contributed by atoms with Crippen molar-refractivity contribution in [3.63, 3.8) is 0 Å². The number of benzene rings is 9. The molecule has 218 valence electrons. The number of furan rings is 1. The number of hydrogen-bond donors (Lipinski definition) is 0. The molecule has 0 unspecified atom stereocenters. The van der Waals surface area contributed by atoms with Gasteiger partial charge < -0.3 is 4.42 Å². The van der Waals surface area contributed by atoms with E-state index in [2.05, 4.69) is 158 Å². The third-order valence-corrected chi connectivity index (χ3v) is 9.81. The maximum absolute atomic E-state index is 6.23. The van der Waals surface area contributed by atoms with Crippen molar-refractivity contribution in [3.05, 3.63) is 170 Å². The Morgan fingerprint density at radius 1 is 0.298 bits per heavy atom. The number of hydrogen-bond acceptors (Lipinski definition) is 1. The molecule has 0 spiro atoms. The van der Waals surface area contributed by atoms with Gasteiger partial charge in [-0.2, -0.15) is 0 Å². The third kappa shape index (κ3) is 4.03.